The number of benzene rings is 1. The van der Waals surface area contributed by atoms with Crippen molar-refractivity contribution in [2.24, 2.45) is 0 Å². The van der Waals surface area contributed by atoms with Crippen molar-refractivity contribution in [1.82, 2.24) is 4.90 Å². The van der Waals surface area contributed by atoms with Gasteiger partial charge in [0.1, 0.15) is 0 Å². The van der Waals surface area contributed by atoms with Crippen LogP contribution in [0.1, 0.15) is 38.1 Å². The predicted octanol–water partition coefficient (Wildman–Crippen LogP) is 1.97. The molecule has 134 valence electrons. The second-order valence-electron chi connectivity index (χ2n) is 5.80. The number of anilines is 1. The number of sulfone groups is 1. The highest BCUT2D eigenvalue weighted by molar-refractivity contribution is 7.91. The molecule has 1 atom stereocenters. The number of rotatable bonds is 9. The van der Waals surface area contributed by atoms with Crippen molar-refractivity contribution < 1.29 is 18.0 Å². The third-order valence-corrected chi connectivity index (χ3v) is 5.73. The Morgan fingerprint density at radius 2 is 1.92 bits per heavy atom. The van der Waals surface area contributed by atoms with Crippen LogP contribution in [0, 0.1) is 0 Å². The quantitative estimate of drug-likeness (QED) is 0.686. The summed E-state index contributed by atoms with van der Waals surface area (Å²) in [4.78, 5) is 25.4. The zero-order valence-electron chi connectivity index (χ0n) is 14.7. The summed E-state index contributed by atoms with van der Waals surface area (Å²) in [5, 5.41) is 2.75. The van der Waals surface area contributed by atoms with E-state index in [9.17, 15) is 18.0 Å². The number of carbonyl (C=O) groups is 2. The monoisotopic (exact) mass is 354 g/mol. The molecular weight excluding hydrogens is 328 g/mol. The van der Waals surface area contributed by atoms with Gasteiger partial charge in [0, 0.05) is 23.0 Å². The molecular formula is C17H26N2O4S. The fourth-order valence-corrected chi connectivity index (χ4v) is 3.55. The van der Waals surface area contributed by atoms with Gasteiger partial charge in [-0.2, -0.15) is 0 Å². The van der Waals surface area contributed by atoms with Gasteiger partial charge in [-0.3, -0.25) is 14.5 Å². The molecule has 0 saturated heterocycles. The minimum absolute atomic E-state index is 0.0322. The van der Waals surface area contributed by atoms with Crippen LogP contribution in [0.4, 0.5) is 5.69 Å². The first-order valence-corrected chi connectivity index (χ1v) is 9.86. The molecule has 0 aliphatic rings. The van der Waals surface area contributed by atoms with Gasteiger partial charge in [0.15, 0.2) is 15.6 Å². The van der Waals surface area contributed by atoms with Gasteiger partial charge in [0.25, 0.3) is 0 Å². The topological polar surface area (TPSA) is 83.6 Å². The van der Waals surface area contributed by atoms with Crippen LogP contribution in [0.25, 0.3) is 0 Å². The standard InChI is InChI=1S/C17H26N2O4S/c1-5-19(13(3)12-24(22,23)6-2)11-17(21)18-16-9-7-8-15(10-16)14(4)20/h7-10,13H,5-6,11-12H2,1-4H3,(H,18,21). The number of Topliss-reactive ketones (excluding diaryl/α,β-unsaturated/α-hetero) is 1. The summed E-state index contributed by atoms with van der Waals surface area (Å²) in [6.45, 7) is 7.45. The van der Waals surface area contributed by atoms with Crippen molar-refractivity contribution in [2.75, 3.05) is 29.9 Å². The first-order valence-electron chi connectivity index (χ1n) is 8.03. The average Bonchev–Trinajstić information content (AvgIpc) is 2.52. The third kappa shape index (κ3) is 6.41. The normalized spacial score (nSPS) is 12.9. The van der Waals surface area contributed by atoms with Gasteiger partial charge in [-0.1, -0.05) is 26.0 Å². The van der Waals surface area contributed by atoms with Crippen LogP contribution >= 0.6 is 0 Å². The molecule has 6 nitrogen and oxygen atoms in total. The summed E-state index contributed by atoms with van der Waals surface area (Å²) in [6, 6.07) is 6.50. The molecule has 0 saturated carbocycles. The molecule has 1 rings (SSSR count). The Labute approximate surface area is 144 Å². The number of carbonyl (C=O) groups excluding carboxylic acids is 2. The molecule has 0 fully saturated rings. The van der Waals surface area contributed by atoms with Crippen molar-refractivity contribution >= 4 is 27.2 Å². The molecule has 24 heavy (non-hydrogen) atoms. The first-order chi connectivity index (χ1) is 11.2. The van der Waals surface area contributed by atoms with Crippen LogP contribution in [0.5, 0.6) is 0 Å². The Balaban J connectivity index is 2.71. The zero-order chi connectivity index (χ0) is 18.3. The summed E-state index contributed by atoms with van der Waals surface area (Å²) in [5.74, 6) is -0.179. The fraction of sp³-hybridized carbons (Fsp3) is 0.529. The van der Waals surface area contributed by atoms with E-state index in [0.717, 1.165) is 0 Å². The van der Waals surface area contributed by atoms with E-state index in [2.05, 4.69) is 5.32 Å². The van der Waals surface area contributed by atoms with Crippen molar-refractivity contribution in [3.05, 3.63) is 29.8 Å². The first kappa shape index (κ1) is 20.3. The number of nitrogens with one attached hydrogen (secondary N) is 1. The van der Waals surface area contributed by atoms with E-state index in [-0.39, 0.29) is 35.8 Å². The number of hydrogen-bond acceptors (Lipinski definition) is 5. The van der Waals surface area contributed by atoms with Crippen LogP contribution in [-0.4, -0.2) is 55.6 Å². The summed E-state index contributed by atoms with van der Waals surface area (Å²) in [7, 11) is -3.09. The highest BCUT2D eigenvalue weighted by Gasteiger charge is 2.21. The van der Waals surface area contributed by atoms with E-state index in [1.807, 2.05) is 11.8 Å². The number of likely N-dealkylation sites (N-methyl/N-ethyl adjacent to an activating group) is 1. The summed E-state index contributed by atoms with van der Waals surface area (Å²) in [5.41, 5.74) is 1.08. The molecule has 0 radical (unpaired) electrons. The molecule has 0 heterocycles. The number of nitrogens with zero attached hydrogens (tertiary/aromatic N) is 1. The lowest BCUT2D eigenvalue weighted by Gasteiger charge is -2.26. The van der Waals surface area contributed by atoms with Crippen LogP contribution in [0.15, 0.2) is 24.3 Å². The largest absolute Gasteiger partial charge is 0.325 e. The van der Waals surface area contributed by atoms with Gasteiger partial charge in [-0.05, 0) is 32.5 Å². The second-order valence-corrected chi connectivity index (χ2v) is 8.19. The fourth-order valence-electron chi connectivity index (χ4n) is 2.37. The highest BCUT2D eigenvalue weighted by atomic mass is 32.2. The van der Waals surface area contributed by atoms with E-state index in [4.69, 9.17) is 0 Å². The Morgan fingerprint density at radius 1 is 1.25 bits per heavy atom. The third-order valence-electron chi connectivity index (χ3n) is 3.86. The molecule has 1 unspecified atom stereocenters. The summed E-state index contributed by atoms with van der Waals surface area (Å²) >= 11 is 0. The molecule has 7 heteroatoms. The maximum absolute atomic E-state index is 12.2. The van der Waals surface area contributed by atoms with Gasteiger partial charge >= 0.3 is 0 Å². The Morgan fingerprint density at radius 3 is 2.46 bits per heavy atom. The number of ketones is 1. The molecule has 1 aromatic carbocycles. The minimum atomic E-state index is -3.09. The van der Waals surface area contributed by atoms with Gasteiger partial charge in [-0.25, -0.2) is 8.42 Å². The van der Waals surface area contributed by atoms with Gasteiger partial charge < -0.3 is 5.32 Å². The lowest BCUT2D eigenvalue weighted by Crippen LogP contribution is -2.42. The van der Waals surface area contributed by atoms with Crippen molar-refractivity contribution in [1.29, 1.82) is 0 Å². The van der Waals surface area contributed by atoms with Crippen molar-refractivity contribution in [2.45, 2.75) is 33.7 Å². The second kappa shape index (κ2) is 8.94. The molecule has 1 N–H and O–H groups in total. The lowest BCUT2D eigenvalue weighted by molar-refractivity contribution is -0.117. The van der Waals surface area contributed by atoms with Gasteiger partial charge in [-0.15, -0.1) is 0 Å². The predicted molar refractivity (Wildman–Crippen MR) is 96.1 cm³/mol. The van der Waals surface area contributed by atoms with E-state index in [1.54, 1.807) is 38.1 Å². The van der Waals surface area contributed by atoms with Crippen LogP contribution < -0.4 is 5.32 Å². The molecule has 0 aromatic heterocycles. The maximum atomic E-state index is 12.2. The van der Waals surface area contributed by atoms with E-state index in [0.29, 0.717) is 17.8 Å². The highest BCUT2D eigenvalue weighted by Crippen LogP contribution is 2.12. The Kier molecular flexibility index (Phi) is 7.57. The maximum Gasteiger partial charge on any atom is 0.238 e. The van der Waals surface area contributed by atoms with E-state index >= 15 is 0 Å². The van der Waals surface area contributed by atoms with Crippen LogP contribution in [0.3, 0.4) is 0 Å². The smallest absolute Gasteiger partial charge is 0.238 e. The van der Waals surface area contributed by atoms with Crippen LogP contribution in [0.2, 0.25) is 0 Å². The zero-order valence-corrected chi connectivity index (χ0v) is 15.5. The molecule has 0 aliphatic carbocycles. The molecule has 1 amide bonds. The van der Waals surface area contributed by atoms with Crippen molar-refractivity contribution in [3.8, 4) is 0 Å². The Hall–Kier alpha value is -1.73. The minimum Gasteiger partial charge on any atom is -0.325 e. The molecule has 0 bridgehead atoms. The van der Waals surface area contributed by atoms with E-state index in [1.165, 1.54) is 6.92 Å². The molecule has 0 spiro atoms. The molecule has 1 aromatic rings. The number of amides is 1. The summed E-state index contributed by atoms with van der Waals surface area (Å²) < 4.78 is 23.5. The van der Waals surface area contributed by atoms with Gasteiger partial charge in [0.2, 0.25) is 5.91 Å². The molecule has 0 aliphatic heterocycles. The lowest BCUT2D eigenvalue weighted by atomic mass is 10.1. The Bertz CT molecular complexity index is 686. The van der Waals surface area contributed by atoms with E-state index < -0.39 is 9.84 Å². The average molecular weight is 354 g/mol. The van der Waals surface area contributed by atoms with Crippen LogP contribution in [-0.2, 0) is 14.6 Å². The summed E-state index contributed by atoms with van der Waals surface area (Å²) in [6.07, 6.45) is 0. The number of hydrogen-bond donors (Lipinski definition) is 1. The SMILES string of the molecule is CCN(CC(=O)Nc1cccc(C(C)=O)c1)C(C)CS(=O)(=O)CC. The van der Waals surface area contributed by atoms with Gasteiger partial charge in [0.05, 0.1) is 12.3 Å². The van der Waals surface area contributed by atoms with Crippen molar-refractivity contribution in [3.63, 3.8) is 0 Å².